The van der Waals surface area contributed by atoms with Gasteiger partial charge in [0.2, 0.25) is 0 Å². The third kappa shape index (κ3) is 6.10. The molecule has 2 aliphatic rings. The molecule has 0 spiro atoms. The van der Waals surface area contributed by atoms with E-state index in [1.165, 1.54) is 63.1 Å². The van der Waals surface area contributed by atoms with E-state index >= 15 is 0 Å². The average molecular weight is 332 g/mol. The van der Waals surface area contributed by atoms with Gasteiger partial charge in [0.25, 0.3) is 0 Å². The highest BCUT2D eigenvalue weighted by atomic mass is 15.2. The van der Waals surface area contributed by atoms with Crippen molar-refractivity contribution in [3.8, 4) is 0 Å². The highest BCUT2D eigenvalue weighted by Gasteiger charge is 2.24. The minimum Gasteiger partial charge on any atom is -0.375 e. The van der Waals surface area contributed by atoms with Gasteiger partial charge in [-0.3, -0.25) is 4.90 Å². The molecule has 0 radical (unpaired) electrons. The molecule has 3 rings (SSSR count). The molecule has 0 amide bonds. The minimum atomic E-state index is 0.915. The zero-order chi connectivity index (χ0) is 17.4. The fourth-order valence-electron chi connectivity index (χ4n) is 3.64. The lowest BCUT2D eigenvalue weighted by Crippen LogP contribution is -2.49. The first-order chi connectivity index (χ1) is 11.6. The largest absolute Gasteiger partial charge is 0.375 e. The smallest absolute Gasteiger partial charge is 0.0363 e. The molecular weight excluding hydrogens is 294 g/mol. The molecule has 0 atom stereocenters. The van der Waals surface area contributed by atoms with Crippen LogP contribution in [0.3, 0.4) is 0 Å². The predicted octanol–water partition coefficient (Wildman–Crippen LogP) is 3.92. The molecule has 0 unspecified atom stereocenters. The van der Waals surface area contributed by atoms with Crippen molar-refractivity contribution in [2.75, 3.05) is 44.7 Å². The molecule has 1 saturated carbocycles. The summed E-state index contributed by atoms with van der Waals surface area (Å²) < 4.78 is 0. The predicted molar refractivity (Wildman–Crippen MR) is 106 cm³/mol. The van der Waals surface area contributed by atoms with Crippen LogP contribution >= 0.6 is 0 Å². The first kappa shape index (κ1) is 19.3. The summed E-state index contributed by atoms with van der Waals surface area (Å²) in [6.07, 6.45) is 5.80. The summed E-state index contributed by atoms with van der Waals surface area (Å²) in [5, 5.41) is 3.42. The molecule has 1 aliphatic heterocycles. The van der Waals surface area contributed by atoms with Crippen molar-refractivity contribution in [1.82, 2.24) is 10.2 Å². The lowest BCUT2D eigenvalue weighted by atomic mass is 9.86. The molecule has 1 saturated heterocycles. The molecule has 0 aromatic heterocycles. The van der Waals surface area contributed by atoms with Crippen LogP contribution in [0.15, 0.2) is 24.3 Å². The Bertz CT molecular complexity index is 443. The van der Waals surface area contributed by atoms with Gasteiger partial charge in [0.1, 0.15) is 0 Å². The van der Waals surface area contributed by atoms with Gasteiger partial charge in [0.05, 0.1) is 0 Å². The second-order valence-corrected chi connectivity index (χ2v) is 7.55. The van der Waals surface area contributed by atoms with Gasteiger partial charge in [0, 0.05) is 51.5 Å². The summed E-state index contributed by atoms with van der Waals surface area (Å²) in [4.78, 5) is 4.92. The first-order valence-corrected chi connectivity index (χ1v) is 9.82. The van der Waals surface area contributed by atoms with E-state index in [9.17, 15) is 0 Å². The number of piperazine rings is 1. The van der Waals surface area contributed by atoms with Crippen LogP contribution in [0.2, 0.25) is 0 Å². The number of hydrogen-bond donors (Lipinski definition) is 1. The van der Waals surface area contributed by atoms with E-state index in [0.717, 1.165) is 18.5 Å². The van der Waals surface area contributed by atoms with Gasteiger partial charge in [0.15, 0.2) is 0 Å². The van der Waals surface area contributed by atoms with Crippen molar-refractivity contribution in [1.29, 1.82) is 0 Å². The normalized spacial score (nSPS) is 24.8. The van der Waals surface area contributed by atoms with E-state index in [4.69, 9.17) is 0 Å². The van der Waals surface area contributed by atoms with Crippen molar-refractivity contribution in [3.63, 3.8) is 0 Å². The highest BCUT2D eigenvalue weighted by molar-refractivity contribution is 5.46. The van der Waals surface area contributed by atoms with Crippen LogP contribution in [0.5, 0.6) is 0 Å². The van der Waals surface area contributed by atoms with E-state index in [1.54, 1.807) is 0 Å². The first-order valence-electron chi connectivity index (χ1n) is 9.82. The van der Waals surface area contributed by atoms with Gasteiger partial charge in [-0.1, -0.05) is 24.6 Å². The molecule has 1 aromatic carbocycles. The third-order valence-electron chi connectivity index (χ3n) is 5.60. The quantitative estimate of drug-likeness (QED) is 0.905. The Kier molecular flexibility index (Phi) is 8.07. The summed E-state index contributed by atoms with van der Waals surface area (Å²) in [5.41, 5.74) is 2.61. The summed E-state index contributed by atoms with van der Waals surface area (Å²) in [6, 6.07) is 9.50. The molecule has 136 valence electrons. The Morgan fingerprint density at radius 3 is 2.17 bits per heavy atom. The van der Waals surface area contributed by atoms with Crippen LogP contribution in [0.4, 0.5) is 5.69 Å². The molecular formula is C21H37N3. The number of benzene rings is 1. The second kappa shape index (κ2) is 10.0. The van der Waals surface area contributed by atoms with Gasteiger partial charge in [-0.2, -0.15) is 0 Å². The minimum absolute atomic E-state index is 0.915. The van der Waals surface area contributed by atoms with Crippen LogP contribution < -0.4 is 10.2 Å². The summed E-state index contributed by atoms with van der Waals surface area (Å²) >= 11 is 0. The monoisotopic (exact) mass is 331 g/mol. The summed E-state index contributed by atoms with van der Waals surface area (Å²) in [7, 11) is 2.10. The molecule has 0 bridgehead atoms. The number of nitrogens with zero attached hydrogens (tertiary/aromatic N) is 2. The maximum atomic E-state index is 3.42. The third-order valence-corrected chi connectivity index (χ3v) is 5.60. The SMILES string of the molecule is CC1CCC(N2CCNCC2)CC1.CCN(C)c1ccc(C)cc1. The van der Waals surface area contributed by atoms with Gasteiger partial charge in [-0.05, 0) is 57.6 Å². The van der Waals surface area contributed by atoms with Gasteiger partial charge in [-0.15, -0.1) is 0 Å². The van der Waals surface area contributed by atoms with Gasteiger partial charge < -0.3 is 10.2 Å². The summed E-state index contributed by atoms with van der Waals surface area (Å²) in [6.45, 7) is 12.7. The van der Waals surface area contributed by atoms with E-state index in [-0.39, 0.29) is 0 Å². The fraction of sp³-hybridized carbons (Fsp3) is 0.714. The van der Waals surface area contributed by atoms with Crippen molar-refractivity contribution in [3.05, 3.63) is 29.8 Å². The Hall–Kier alpha value is -1.06. The van der Waals surface area contributed by atoms with Crippen LogP contribution in [0.25, 0.3) is 0 Å². The molecule has 1 heterocycles. The average Bonchev–Trinajstić information content (AvgIpc) is 2.63. The number of aryl methyl sites for hydroxylation is 1. The Labute approximate surface area is 149 Å². The van der Waals surface area contributed by atoms with Crippen molar-refractivity contribution in [2.45, 2.75) is 52.5 Å². The highest BCUT2D eigenvalue weighted by Crippen LogP contribution is 2.27. The molecule has 3 nitrogen and oxygen atoms in total. The second-order valence-electron chi connectivity index (χ2n) is 7.55. The number of nitrogens with one attached hydrogen (secondary N) is 1. The molecule has 1 N–H and O–H groups in total. The molecule has 1 aromatic rings. The van der Waals surface area contributed by atoms with Crippen molar-refractivity contribution >= 4 is 5.69 Å². The van der Waals surface area contributed by atoms with Crippen molar-refractivity contribution < 1.29 is 0 Å². The standard InChI is InChI=1S/C11H22N2.C10H15N/c1-10-2-4-11(5-3-10)13-8-6-12-7-9-13;1-4-11(3)10-7-5-9(2)6-8-10/h10-12H,2-9H2,1H3;5-8H,4H2,1-3H3. The van der Waals surface area contributed by atoms with Crippen LogP contribution in [0, 0.1) is 12.8 Å². The van der Waals surface area contributed by atoms with Crippen molar-refractivity contribution in [2.24, 2.45) is 5.92 Å². The number of hydrogen-bond acceptors (Lipinski definition) is 3. The Morgan fingerprint density at radius 2 is 1.62 bits per heavy atom. The molecule has 2 fully saturated rings. The zero-order valence-corrected chi connectivity index (χ0v) is 16.2. The van der Waals surface area contributed by atoms with Gasteiger partial charge >= 0.3 is 0 Å². The lowest BCUT2D eigenvalue weighted by Gasteiger charge is -2.38. The molecule has 3 heteroatoms. The van der Waals surface area contributed by atoms with Gasteiger partial charge in [-0.25, -0.2) is 0 Å². The van der Waals surface area contributed by atoms with Crippen LogP contribution in [0.1, 0.15) is 45.1 Å². The topological polar surface area (TPSA) is 18.5 Å². The fourth-order valence-corrected chi connectivity index (χ4v) is 3.64. The number of rotatable bonds is 3. The maximum Gasteiger partial charge on any atom is 0.0363 e. The van der Waals surface area contributed by atoms with E-state index < -0.39 is 0 Å². The zero-order valence-electron chi connectivity index (χ0n) is 16.2. The maximum absolute atomic E-state index is 3.42. The lowest BCUT2D eigenvalue weighted by molar-refractivity contribution is 0.125. The Morgan fingerprint density at radius 1 is 1.04 bits per heavy atom. The van der Waals surface area contributed by atoms with E-state index in [0.29, 0.717) is 0 Å². The van der Waals surface area contributed by atoms with E-state index in [1.807, 2.05) is 0 Å². The molecule has 1 aliphatic carbocycles. The Balaban J connectivity index is 0.000000177. The van der Waals surface area contributed by atoms with Crippen LogP contribution in [-0.4, -0.2) is 50.7 Å². The number of anilines is 1. The van der Waals surface area contributed by atoms with Crippen LogP contribution in [-0.2, 0) is 0 Å². The molecule has 24 heavy (non-hydrogen) atoms. The van der Waals surface area contributed by atoms with E-state index in [2.05, 4.69) is 67.2 Å². The summed E-state index contributed by atoms with van der Waals surface area (Å²) in [5.74, 6) is 0.985.